The van der Waals surface area contributed by atoms with Gasteiger partial charge in [0, 0.05) is 5.69 Å². The maximum Gasteiger partial charge on any atom is 0.130 e. The number of nitrogens with two attached hydrogens (primary N) is 1. The minimum Gasteiger partial charge on any atom is -0.457 e. The number of aryl methyl sites for hydroxylation is 2. The number of ether oxygens (including phenoxy) is 1. The zero-order chi connectivity index (χ0) is 12.4. The molecule has 0 radical (unpaired) electrons. The number of hydrogen-bond acceptors (Lipinski definition) is 2. The number of rotatable bonds is 2. The fraction of sp³-hybridized carbons (Fsp3) is 0.143. The number of benzene rings is 2. The second-order valence-electron chi connectivity index (χ2n) is 4.03. The van der Waals surface area contributed by atoms with Crippen molar-refractivity contribution in [1.82, 2.24) is 0 Å². The van der Waals surface area contributed by atoms with Gasteiger partial charge in [0.2, 0.25) is 0 Å². The van der Waals surface area contributed by atoms with E-state index in [0.717, 1.165) is 22.6 Å². The van der Waals surface area contributed by atoms with Crippen LogP contribution < -0.4 is 10.5 Å². The molecule has 0 aliphatic heterocycles. The first-order chi connectivity index (χ1) is 8.06. The van der Waals surface area contributed by atoms with Crippen LogP contribution in [0.2, 0.25) is 0 Å². The maximum atomic E-state index is 12.7. The van der Waals surface area contributed by atoms with Gasteiger partial charge in [-0.1, -0.05) is 0 Å². The molecule has 0 unspecified atom stereocenters. The van der Waals surface area contributed by atoms with Crippen LogP contribution in [0.5, 0.6) is 11.5 Å². The molecular formula is C14H14FNO. The summed E-state index contributed by atoms with van der Waals surface area (Å²) >= 11 is 0. The van der Waals surface area contributed by atoms with Crippen LogP contribution in [0.25, 0.3) is 0 Å². The van der Waals surface area contributed by atoms with Crippen molar-refractivity contribution in [3.8, 4) is 11.5 Å². The van der Waals surface area contributed by atoms with Crippen LogP contribution in [0, 0.1) is 19.7 Å². The van der Waals surface area contributed by atoms with Gasteiger partial charge in [-0.2, -0.15) is 0 Å². The second kappa shape index (κ2) is 4.45. The number of halogens is 1. The monoisotopic (exact) mass is 231 g/mol. The smallest absolute Gasteiger partial charge is 0.130 e. The normalized spacial score (nSPS) is 10.3. The Labute approximate surface area is 99.8 Å². The van der Waals surface area contributed by atoms with Crippen LogP contribution >= 0.6 is 0 Å². The lowest BCUT2D eigenvalue weighted by atomic mass is 10.1. The van der Waals surface area contributed by atoms with E-state index in [-0.39, 0.29) is 5.82 Å². The van der Waals surface area contributed by atoms with Gasteiger partial charge in [0.25, 0.3) is 0 Å². The third-order valence-corrected chi connectivity index (χ3v) is 2.61. The number of anilines is 1. The Morgan fingerprint density at radius 3 is 2.29 bits per heavy atom. The van der Waals surface area contributed by atoms with E-state index in [9.17, 15) is 4.39 Å². The van der Waals surface area contributed by atoms with Crippen molar-refractivity contribution < 1.29 is 9.13 Å². The summed E-state index contributed by atoms with van der Waals surface area (Å²) in [4.78, 5) is 0. The Morgan fingerprint density at radius 2 is 1.65 bits per heavy atom. The van der Waals surface area contributed by atoms with Gasteiger partial charge in [-0.25, -0.2) is 4.39 Å². The predicted molar refractivity (Wildman–Crippen MR) is 66.8 cm³/mol. The fourth-order valence-electron chi connectivity index (χ4n) is 1.55. The Hall–Kier alpha value is -2.03. The molecule has 88 valence electrons. The van der Waals surface area contributed by atoms with E-state index < -0.39 is 0 Å². The van der Waals surface area contributed by atoms with Crippen LogP contribution in [0.1, 0.15) is 11.1 Å². The first-order valence-corrected chi connectivity index (χ1v) is 5.36. The molecule has 0 fully saturated rings. The van der Waals surface area contributed by atoms with E-state index in [2.05, 4.69) is 0 Å². The van der Waals surface area contributed by atoms with Crippen LogP contribution in [-0.4, -0.2) is 0 Å². The van der Waals surface area contributed by atoms with Gasteiger partial charge in [0.05, 0.1) is 0 Å². The first kappa shape index (κ1) is 11.5. The molecule has 0 saturated carbocycles. The van der Waals surface area contributed by atoms with Crippen LogP contribution in [0.3, 0.4) is 0 Å². The zero-order valence-electron chi connectivity index (χ0n) is 9.83. The van der Waals surface area contributed by atoms with E-state index in [1.54, 1.807) is 12.1 Å². The van der Waals surface area contributed by atoms with E-state index in [1.807, 2.05) is 26.0 Å². The molecule has 0 bridgehead atoms. The molecule has 0 amide bonds. The molecular weight excluding hydrogens is 217 g/mol. The molecule has 0 aliphatic carbocycles. The Balaban J connectivity index is 2.30. The highest BCUT2D eigenvalue weighted by atomic mass is 19.1. The van der Waals surface area contributed by atoms with E-state index in [1.165, 1.54) is 12.1 Å². The van der Waals surface area contributed by atoms with Gasteiger partial charge in [-0.15, -0.1) is 0 Å². The summed E-state index contributed by atoms with van der Waals surface area (Å²) in [6.45, 7) is 3.85. The summed E-state index contributed by atoms with van der Waals surface area (Å²) in [5, 5.41) is 0. The van der Waals surface area contributed by atoms with Gasteiger partial charge in [-0.3, -0.25) is 0 Å². The molecule has 0 aliphatic rings. The lowest BCUT2D eigenvalue weighted by molar-refractivity contribution is 0.476. The van der Waals surface area contributed by atoms with Crippen LogP contribution in [0.15, 0.2) is 36.4 Å². The maximum absolute atomic E-state index is 12.7. The summed E-state index contributed by atoms with van der Waals surface area (Å²) in [7, 11) is 0. The molecule has 0 atom stereocenters. The highest BCUT2D eigenvalue weighted by Gasteiger charge is 2.04. The standard InChI is InChI=1S/C14H14FNO/c1-9-8-14(10(2)7-13(9)16)17-12-5-3-11(15)4-6-12/h3-8H,16H2,1-2H3. The molecule has 0 saturated heterocycles. The molecule has 17 heavy (non-hydrogen) atoms. The Morgan fingerprint density at radius 1 is 1.00 bits per heavy atom. The third kappa shape index (κ3) is 2.56. The lowest BCUT2D eigenvalue weighted by Gasteiger charge is -2.11. The Kier molecular flexibility index (Phi) is 3.00. The topological polar surface area (TPSA) is 35.2 Å². The number of nitrogen functional groups attached to an aromatic ring is 1. The van der Waals surface area contributed by atoms with Crippen molar-refractivity contribution >= 4 is 5.69 Å². The van der Waals surface area contributed by atoms with Crippen molar-refractivity contribution in [1.29, 1.82) is 0 Å². The van der Waals surface area contributed by atoms with Crippen molar-refractivity contribution in [2.24, 2.45) is 0 Å². The van der Waals surface area contributed by atoms with Crippen molar-refractivity contribution in [3.05, 3.63) is 53.3 Å². The van der Waals surface area contributed by atoms with Crippen LogP contribution in [0.4, 0.5) is 10.1 Å². The molecule has 2 aromatic rings. The predicted octanol–water partition coefficient (Wildman–Crippen LogP) is 3.82. The van der Waals surface area contributed by atoms with Gasteiger partial charge in [0.15, 0.2) is 0 Å². The van der Waals surface area contributed by atoms with Gasteiger partial charge >= 0.3 is 0 Å². The van der Waals surface area contributed by atoms with Crippen molar-refractivity contribution in [2.45, 2.75) is 13.8 Å². The highest BCUT2D eigenvalue weighted by molar-refractivity contribution is 5.54. The third-order valence-electron chi connectivity index (χ3n) is 2.61. The summed E-state index contributed by atoms with van der Waals surface area (Å²) in [6.07, 6.45) is 0. The largest absolute Gasteiger partial charge is 0.457 e. The zero-order valence-corrected chi connectivity index (χ0v) is 9.83. The second-order valence-corrected chi connectivity index (χ2v) is 4.03. The molecule has 2 nitrogen and oxygen atoms in total. The van der Waals surface area contributed by atoms with Gasteiger partial charge in [0.1, 0.15) is 17.3 Å². The van der Waals surface area contributed by atoms with E-state index in [0.29, 0.717) is 5.75 Å². The minimum absolute atomic E-state index is 0.275. The minimum atomic E-state index is -0.275. The average molecular weight is 231 g/mol. The molecule has 2 aromatic carbocycles. The lowest BCUT2D eigenvalue weighted by Crippen LogP contribution is -1.94. The van der Waals surface area contributed by atoms with Crippen molar-refractivity contribution in [2.75, 3.05) is 5.73 Å². The van der Waals surface area contributed by atoms with Crippen molar-refractivity contribution in [3.63, 3.8) is 0 Å². The first-order valence-electron chi connectivity index (χ1n) is 5.36. The molecule has 2 rings (SSSR count). The molecule has 0 aromatic heterocycles. The van der Waals surface area contributed by atoms with E-state index in [4.69, 9.17) is 10.5 Å². The van der Waals surface area contributed by atoms with Gasteiger partial charge < -0.3 is 10.5 Å². The highest BCUT2D eigenvalue weighted by Crippen LogP contribution is 2.28. The quantitative estimate of drug-likeness (QED) is 0.797. The van der Waals surface area contributed by atoms with E-state index >= 15 is 0 Å². The Bertz CT molecular complexity index is 535. The summed E-state index contributed by atoms with van der Waals surface area (Å²) in [5.74, 6) is 1.07. The molecule has 3 heteroatoms. The summed E-state index contributed by atoms with van der Waals surface area (Å²) < 4.78 is 18.4. The SMILES string of the molecule is Cc1cc(Oc2ccc(F)cc2)c(C)cc1N. The van der Waals surface area contributed by atoms with Gasteiger partial charge in [-0.05, 0) is 61.4 Å². The molecule has 2 N–H and O–H groups in total. The fourth-order valence-corrected chi connectivity index (χ4v) is 1.55. The molecule has 0 spiro atoms. The average Bonchev–Trinajstić information content (AvgIpc) is 2.29. The summed E-state index contributed by atoms with van der Waals surface area (Å²) in [5.41, 5.74) is 8.46. The summed E-state index contributed by atoms with van der Waals surface area (Å²) in [6, 6.07) is 9.69. The van der Waals surface area contributed by atoms with Crippen LogP contribution in [-0.2, 0) is 0 Å². The molecule has 0 heterocycles. The number of hydrogen-bond donors (Lipinski definition) is 1.